The average molecular weight is 293 g/mol. The van der Waals surface area contributed by atoms with E-state index in [1.165, 1.54) is 12.0 Å². The van der Waals surface area contributed by atoms with E-state index < -0.39 is 0 Å². The maximum Gasteiger partial charge on any atom is 0.233 e. The fourth-order valence-corrected chi connectivity index (χ4v) is 5.12. The Morgan fingerprint density at radius 2 is 1.50 bits per heavy atom. The fourth-order valence-electron chi connectivity index (χ4n) is 5.12. The summed E-state index contributed by atoms with van der Waals surface area (Å²) in [6.07, 6.45) is 6.44. The molecule has 2 bridgehead atoms. The molecule has 0 N–H and O–H groups in total. The number of imide groups is 1. The van der Waals surface area contributed by atoms with Gasteiger partial charge in [-0.1, -0.05) is 42.5 Å². The first kappa shape index (κ1) is 12.6. The maximum atomic E-state index is 12.8. The summed E-state index contributed by atoms with van der Waals surface area (Å²) in [4.78, 5) is 27.1. The number of nitrogens with zero attached hydrogens (tertiary/aromatic N) is 1. The summed E-state index contributed by atoms with van der Waals surface area (Å²) in [5.41, 5.74) is 1.18. The van der Waals surface area contributed by atoms with Crippen LogP contribution < -0.4 is 0 Å². The average Bonchev–Trinajstić information content (AvgIpc) is 3.33. The number of benzene rings is 1. The second kappa shape index (κ2) is 4.31. The molecule has 2 saturated carbocycles. The summed E-state index contributed by atoms with van der Waals surface area (Å²) in [6, 6.07) is 10.1. The third-order valence-electron chi connectivity index (χ3n) is 6.22. The Morgan fingerprint density at radius 3 is 2.09 bits per heavy atom. The van der Waals surface area contributed by atoms with Gasteiger partial charge in [-0.05, 0) is 42.1 Å². The lowest BCUT2D eigenvalue weighted by atomic mass is 9.63. The van der Waals surface area contributed by atoms with Gasteiger partial charge in [0.05, 0.1) is 11.8 Å². The predicted molar refractivity (Wildman–Crippen MR) is 81.6 cm³/mol. The summed E-state index contributed by atoms with van der Waals surface area (Å²) >= 11 is 0. The van der Waals surface area contributed by atoms with Gasteiger partial charge in [0.2, 0.25) is 11.8 Å². The second-order valence-electron chi connectivity index (χ2n) is 7.22. The number of allylic oxidation sites excluding steroid dienone is 2. The van der Waals surface area contributed by atoms with Crippen molar-refractivity contribution in [2.45, 2.75) is 12.8 Å². The topological polar surface area (TPSA) is 37.4 Å². The number of rotatable bonds is 3. The van der Waals surface area contributed by atoms with Crippen molar-refractivity contribution < 1.29 is 9.59 Å². The minimum Gasteiger partial charge on any atom is -0.282 e. The van der Waals surface area contributed by atoms with Crippen LogP contribution >= 0.6 is 0 Å². The van der Waals surface area contributed by atoms with E-state index in [4.69, 9.17) is 0 Å². The molecule has 1 aromatic carbocycles. The van der Waals surface area contributed by atoms with Crippen molar-refractivity contribution in [2.24, 2.45) is 35.5 Å². The molecule has 0 aromatic heterocycles. The number of carbonyl (C=O) groups excluding carboxylic acids is 2. The number of likely N-dealkylation sites (tertiary alicyclic amines) is 1. The standard InChI is InChI=1S/C19H19NO2/c21-18-16-12-6-7-13(15-10-14(12)15)17(16)19(22)20(18)9-8-11-4-2-1-3-5-11/h1-7,12-17H,8-10H2/t12-,13-,14-,15-,16+,17+/m0/s1. The molecule has 3 nitrogen and oxygen atoms in total. The first-order valence-electron chi connectivity index (χ1n) is 8.33. The minimum absolute atomic E-state index is 0.0537. The number of hydrogen-bond donors (Lipinski definition) is 0. The molecule has 3 fully saturated rings. The smallest absolute Gasteiger partial charge is 0.233 e. The molecular formula is C19H19NO2. The normalized spacial score (nSPS) is 40.8. The first-order valence-corrected chi connectivity index (χ1v) is 8.33. The van der Waals surface area contributed by atoms with Crippen LogP contribution in [0.4, 0.5) is 0 Å². The molecular weight excluding hydrogens is 274 g/mol. The summed E-state index contributed by atoms with van der Waals surface area (Å²) in [7, 11) is 0. The van der Waals surface area contributed by atoms with Gasteiger partial charge in [-0.15, -0.1) is 0 Å². The van der Waals surface area contributed by atoms with Gasteiger partial charge in [0.25, 0.3) is 0 Å². The monoisotopic (exact) mass is 293 g/mol. The molecule has 4 aliphatic carbocycles. The van der Waals surface area contributed by atoms with Gasteiger partial charge in [0, 0.05) is 6.54 Å². The molecule has 112 valence electrons. The lowest BCUT2D eigenvalue weighted by molar-refractivity contribution is -0.140. The quantitative estimate of drug-likeness (QED) is 0.633. The highest BCUT2D eigenvalue weighted by atomic mass is 16.2. The van der Waals surface area contributed by atoms with E-state index >= 15 is 0 Å². The molecule has 6 rings (SSSR count). The molecule has 2 amide bonds. The van der Waals surface area contributed by atoms with Gasteiger partial charge >= 0.3 is 0 Å². The lowest BCUT2D eigenvalue weighted by Crippen LogP contribution is -2.40. The molecule has 0 spiro atoms. The van der Waals surface area contributed by atoms with Crippen molar-refractivity contribution in [3.05, 3.63) is 48.0 Å². The zero-order chi connectivity index (χ0) is 14.8. The van der Waals surface area contributed by atoms with E-state index in [0.29, 0.717) is 30.2 Å². The maximum absolute atomic E-state index is 12.8. The van der Waals surface area contributed by atoms with Crippen LogP contribution in [0.15, 0.2) is 42.5 Å². The largest absolute Gasteiger partial charge is 0.282 e. The molecule has 0 unspecified atom stereocenters. The van der Waals surface area contributed by atoms with Gasteiger partial charge < -0.3 is 0 Å². The molecule has 1 heterocycles. The highest BCUT2D eigenvalue weighted by Crippen LogP contribution is 2.65. The van der Waals surface area contributed by atoms with Crippen molar-refractivity contribution in [2.75, 3.05) is 6.54 Å². The van der Waals surface area contributed by atoms with Gasteiger partial charge in [0.1, 0.15) is 0 Å². The third-order valence-corrected chi connectivity index (χ3v) is 6.22. The van der Waals surface area contributed by atoms with Crippen LogP contribution in [0.2, 0.25) is 0 Å². The van der Waals surface area contributed by atoms with E-state index in [1.54, 1.807) is 4.90 Å². The number of amides is 2. The van der Waals surface area contributed by atoms with Gasteiger partial charge in [-0.25, -0.2) is 0 Å². The molecule has 5 aliphatic rings. The van der Waals surface area contributed by atoms with Crippen molar-refractivity contribution in [1.82, 2.24) is 4.90 Å². The van der Waals surface area contributed by atoms with E-state index in [0.717, 1.165) is 6.42 Å². The van der Waals surface area contributed by atoms with Crippen molar-refractivity contribution in [3.8, 4) is 0 Å². The summed E-state index contributed by atoms with van der Waals surface area (Å²) in [5, 5.41) is 0. The Hall–Kier alpha value is -1.90. The second-order valence-corrected chi connectivity index (χ2v) is 7.22. The van der Waals surface area contributed by atoms with Crippen molar-refractivity contribution in [1.29, 1.82) is 0 Å². The van der Waals surface area contributed by atoms with Crippen LogP contribution in [-0.2, 0) is 16.0 Å². The van der Waals surface area contributed by atoms with Crippen LogP contribution in [0.1, 0.15) is 12.0 Å². The zero-order valence-corrected chi connectivity index (χ0v) is 12.4. The molecule has 1 aliphatic heterocycles. The van der Waals surface area contributed by atoms with E-state index in [9.17, 15) is 9.59 Å². The highest BCUT2D eigenvalue weighted by Gasteiger charge is 2.66. The third kappa shape index (κ3) is 1.57. The molecule has 1 saturated heterocycles. The van der Waals surface area contributed by atoms with Crippen LogP contribution in [0, 0.1) is 35.5 Å². The Balaban J connectivity index is 1.38. The summed E-state index contributed by atoms with van der Waals surface area (Å²) in [6.45, 7) is 0.531. The zero-order valence-electron chi connectivity index (χ0n) is 12.4. The number of hydrogen-bond acceptors (Lipinski definition) is 2. The van der Waals surface area contributed by atoms with E-state index in [2.05, 4.69) is 24.3 Å². The Kier molecular flexibility index (Phi) is 2.47. The molecule has 22 heavy (non-hydrogen) atoms. The molecule has 3 heteroatoms. The van der Waals surface area contributed by atoms with Crippen LogP contribution in [-0.4, -0.2) is 23.3 Å². The van der Waals surface area contributed by atoms with Crippen LogP contribution in [0.25, 0.3) is 0 Å². The predicted octanol–water partition coefficient (Wildman–Crippen LogP) is 2.28. The van der Waals surface area contributed by atoms with E-state index in [-0.39, 0.29) is 23.7 Å². The number of carbonyl (C=O) groups is 2. The molecule has 0 radical (unpaired) electrons. The summed E-state index contributed by atoms with van der Waals surface area (Å²) in [5.74, 6) is 2.11. The van der Waals surface area contributed by atoms with Gasteiger partial charge in [-0.2, -0.15) is 0 Å². The SMILES string of the molecule is O=C1[C@@H]2[C@H]3C=C[C@@H]([C@@H]4C[C@@H]34)[C@H]2C(=O)N1CCc1ccccc1. The van der Waals surface area contributed by atoms with Crippen LogP contribution in [0.3, 0.4) is 0 Å². The van der Waals surface area contributed by atoms with Gasteiger partial charge in [-0.3, -0.25) is 14.5 Å². The van der Waals surface area contributed by atoms with Crippen LogP contribution in [0.5, 0.6) is 0 Å². The lowest BCUT2D eigenvalue weighted by Gasteiger charge is -2.37. The molecule has 6 atom stereocenters. The Morgan fingerprint density at radius 1 is 0.909 bits per heavy atom. The summed E-state index contributed by atoms with van der Waals surface area (Å²) < 4.78 is 0. The minimum atomic E-state index is -0.0537. The Bertz CT molecular complexity index is 644. The highest BCUT2D eigenvalue weighted by molar-refractivity contribution is 6.06. The van der Waals surface area contributed by atoms with Crippen molar-refractivity contribution in [3.63, 3.8) is 0 Å². The fraction of sp³-hybridized carbons (Fsp3) is 0.474. The Labute approximate surface area is 130 Å². The molecule has 1 aromatic rings. The van der Waals surface area contributed by atoms with Crippen molar-refractivity contribution >= 4 is 11.8 Å². The van der Waals surface area contributed by atoms with E-state index in [1.807, 2.05) is 18.2 Å². The first-order chi connectivity index (χ1) is 10.8. The van der Waals surface area contributed by atoms with Gasteiger partial charge in [0.15, 0.2) is 0 Å².